The summed E-state index contributed by atoms with van der Waals surface area (Å²) in [6, 6.07) is 6.07. The molecule has 0 aliphatic rings. The van der Waals surface area contributed by atoms with Gasteiger partial charge in [-0.1, -0.05) is 0 Å². The first-order chi connectivity index (χ1) is 11.7. The van der Waals surface area contributed by atoms with Crippen LogP contribution in [0.3, 0.4) is 0 Å². The van der Waals surface area contributed by atoms with Crippen LogP contribution in [-0.2, 0) is 0 Å². The Balaban J connectivity index is 2.45. The van der Waals surface area contributed by atoms with Gasteiger partial charge in [0.05, 0.1) is 12.1 Å². The van der Waals surface area contributed by atoms with E-state index < -0.39 is 32.3 Å². The Morgan fingerprint density at radius 1 is 0.600 bits per heavy atom. The van der Waals surface area contributed by atoms with E-state index >= 15 is 0 Å². The lowest BCUT2D eigenvalue weighted by atomic mass is 10.2. The van der Waals surface area contributed by atoms with Crippen molar-refractivity contribution < 1.29 is 46.5 Å². The van der Waals surface area contributed by atoms with E-state index in [1.807, 2.05) is 0 Å². The first-order valence-electron chi connectivity index (χ1n) is 6.60. The second-order valence-electron chi connectivity index (χ2n) is 4.74. The summed E-state index contributed by atoms with van der Waals surface area (Å²) in [5.74, 6) is -0.578. The van der Waals surface area contributed by atoms with Crippen molar-refractivity contribution in [2.75, 3.05) is 0 Å². The minimum absolute atomic E-state index is 0.288. The summed E-state index contributed by atoms with van der Waals surface area (Å²) < 4.78 is 5.29. The lowest BCUT2D eigenvalue weighted by Gasteiger charge is -2.21. The van der Waals surface area contributed by atoms with Gasteiger partial charge in [0.2, 0.25) is 11.4 Å². The molecule has 0 saturated carbocycles. The van der Waals surface area contributed by atoms with Crippen molar-refractivity contribution in [3.8, 4) is 11.5 Å². The lowest BCUT2D eigenvalue weighted by molar-refractivity contribution is -0.996. The zero-order valence-electron chi connectivity index (χ0n) is 12.3. The minimum atomic E-state index is -1.47. The highest BCUT2D eigenvalue weighted by atomic mass is 16.8. The molecule has 8 N–H and O–H groups in total. The SMILES string of the molecule is [O-][NH+](O)c1ccc(Oc2ccc([NH+]([O-])O)cc2[NH+]([O-])O)c([NH+]([O-])O)c1. The Morgan fingerprint density at radius 3 is 1.24 bits per heavy atom. The molecule has 0 aromatic heterocycles. The summed E-state index contributed by atoms with van der Waals surface area (Å²) in [7, 11) is 0. The fraction of sp³-hybridized carbons (Fsp3) is 0. The zero-order chi connectivity index (χ0) is 18.7. The van der Waals surface area contributed by atoms with E-state index in [1.165, 1.54) is 0 Å². The predicted molar refractivity (Wildman–Crippen MR) is 76.1 cm³/mol. The third-order valence-corrected chi connectivity index (χ3v) is 3.13. The average Bonchev–Trinajstić information content (AvgIpc) is 2.54. The molecule has 2 rings (SSSR count). The molecule has 0 aliphatic carbocycles. The molecular formula is C12H14N4O9. The van der Waals surface area contributed by atoms with Crippen LogP contribution in [0, 0.1) is 20.8 Å². The topological polar surface area (TPSA) is 200 Å². The third kappa shape index (κ3) is 4.44. The van der Waals surface area contributed by atoms with Gasteiger partial charge in [-0.05, 0) is 12.1 Å². The molecule has 0 saturated heterocycles. The van der Waals surface area contributed by atoms with Gasteiger partial charge in [-0.2, -0.15) is 20.9 Å². The normalized spacial score (nSPS) is 16.2. The maximum absolute atomic E-state index is 11.3. The van der Waals surface area contributed by atoms with Crippen LogP contribution in [0.1, 0.15) is 0 Å². The number of ether oxygens (including phenoxy) is 1. The fourth-order valence-electron chi connectivity index (χ4n) is 1.96. The Labute approximate surface area is 139 Å². The number of benzene rings is 2. The van der Waals surface area contributed by atoms with Crippen LogP contribution in [0.4, 0.5) is 22.7 Å². The van der Waals surface area contributed by atoms with E-state index in [0.29, 0.717) is 0 Å². The third-order valence-electron chi connectivity index (χ3n) is 3.13. The van der Waals surface area contributed by atoms with E-state index in [2.05, 4.69) is 0 Å². The van der Waals surface area contributed by atoms with E-state index in [0.717, 1.165) is 36.4 Å². The molecule has 13 nitrogen and oxygen atoms in total. The maximum Gasteiger partial charge on any atom is 0.212 e. The maximum atomic E-state index is 11.3. The van der Waals surface area contributed by atoms with Gasteiger partial charge in [-0.15, -0.1) is 0 Å². The molecule has 2 aromatic carbocycles. The average molecular weight is 358 g/mol. The van der Waals surface area contributed by atoms with Crippen molar-refractivity contribution in [1.29, 1.82) is 0 Å². The molecular weight excluding hydrogens is 344 g/mol. The molecule has 0 aliphatic heterocycles. The van der Waals surface area contributed by atoms with E-state index in [4.69, 9.17) is 15.2 Å². The first-order valence-corrected chi connectivity index (χ1v) is 6.60. The summed E-state index contributed by atoms with van der Waals surface area (Å²) in [6.45, 7) is 0. The quantitative estimate of drug-likeness (QED) is 0.249. The molecule has 4 unspecified atom stereocenters. The molecule has 13 heteroatoms. The van der Waals surface area contributed by atoms with E-state index in [1.54, 1.807) is 0 Å². The van der Waals surface area contributed by atoms with Gasteiger partial charge in [-0.25, -0.2) is 20.8 Å². The van der Waals surface area contributed by atoms with Crippen LogP contribution in [0.5, 0.6) is 11.5 Å². The van der Waals surface area contributed by atoms with Gasteiger partial charge in [0, 0.05) is 12.1 Å². The number of rotatable bonds is 6. The molecule has 0 fully saturated rings. The highest BCUT2D eigenvalue weighted by Crippen LogP contribution is 2.32. The minimum Gasteiger partial charge on any atom is -0.595 e. The van der Waals surface area contributed by atoms with Gasteiger partial charge in [-0.3, -0.25) is 0 Å². The van der Waals surface area contributed by atoms with Crippen LogP contribution in [0.25, 0.3) is 0 Å². The highest BCUT2D eigenvalue weighted by Gasteiger charge is 2.20. The Morgan fingerprint density at radius 2 is 0.960 bits per heavy atom. The second-order valence-corrected chi connectivity index (χ2v) is 4.74. The number of hydrogen-bond donors (Lipinski definition) is 8. The summed E-state index contributed by atoms with van der Waals surface area (Å²) in [6.07, 6.45) is 0. The van der Waals surface area contributed by atoms with Crippen molar-refractivity contribution in [3.63, 3.8) is 0 Å². The smallest absolute Gasteiger partial charge is 0.212 e. The highest BCUT2D eigenvalue weighted by molar-refractivity contribution is 5.58. The fourth-order valence-corrected chi connectivity index (χ4v) is 1.96. The molecule has 25 heavy (non-hydrogen) atoms. The molecule has 4 atom stereocenters. The Bertz CT molecular complexity index is 677. The van der Waals surface area contributed by atoms with Gasteiger partial charge in [0.25, 0.3) is 0 Å². The van der Waals surface area contributed by atoms with Crippen molar-refractivity contribution in [3.05, 3.63) is 57.2 Å². The van der Waals surface area contributed by atoms with Crippen molar-refractivity contribution in [1.82, 2.24) is 0 Å². The molecule has 0 amide bonds. The summed E-state index contributed by atoms with van der Waals surface area (Å²) >= 11 is 0. The van der Waals surface area contributed by atoms with E-state index in [9.17, 15) is 31.2 Å². The van der Waals surface area contributed by atoms with Crippen molar-refractivity contribution >= 4 is 22.7 Å². The Kier molecular flexibility index (Phi) is 5.93. The van der Waals surface area contributed by atoms with Crippen molar-refractivity contribution in [2.24, 2.45) is 0 Å². The number of quaternary nitrogens is 4. The van der Waals surface area contributed by atoms with Crippen LogP contribution in [0.2, 0.25) is 0 Å². The van der Waals surface area contributed by atoms with E-state index in [-0.39, 0.29) is 22.9 Å². The number of hydrogen-bond acceptors (Lipinski definition) is 9. The lowest BCUT2D eigenvalue weighted by Crippen LogP contribution is -3.01. The standard InChI is InChI=1S/C12H14N4O9/c17-13(18)7-1-3-11(9(5-7)15(21)22)25-12-4-2-8(14(19)20)6-10(12)16(23)24/h1-6,13-17,19,21,23H. The van der Waals surface area contributed by atoms with Crippen LogP contribution in [-0.4, -0.2) is 20.8 Å². The van der Waals surface area contributed by atoms with Crippen LogP contribution in [0.15, 0.2) is 36.4 Å². The second kappa shape index (κ2) is 7.76. The van der Waals surface area contributed by atoms with Gasteiger partial charge in [0.15, 0.2) is 22.9 Å². The van der Waals surface area contributed by atoms with Crippen LogP contribution < -0.4 is 25.6 Å². The van der Waals surface area contributed by atoms with Gasteiger partial charge < -0.3 is 25.6 Å². The van der Waals surface area contributed by atoms with Crippen molar-refractivity contribution in [2.45, 2.75) is 0 Å². The molecule has 0 bridgehead atoms. The molecule has 2 aromatic rings. The molecule has 0 radical (unpaired) electrons. The molecule has 136 valence electrons. The van der Waals surface area contributed by atoms with Crippen LogP contribution >= 0.6 is 0 Å². The summed E-state index contributed by atoms with van der Waals surface area (Å²) in [5, 5.41) is 74.9. The summed E-state index contributed by atoms with van der Waals surface area (Å²) in [5.41, 5.74) is -1.55. The van der Waals surface area contributed by atoms with Gasteiger partial charge in [0.1, 0.15) is 0 Å². The Hall–Kier alpha value is -2.24. The monoisotopic (exact) mass is 358 g/mol. The summed E-state index contributed by atoms with van der Waals surface area (Å²) in [4.78, 5) is 0. The van der Waals surface area contributed by atoms with Gasteiger partial charge >= 0.3 is 0 Å². The first kappa shape index (κ1) is 19.1. The predicted octanol–water partition coefficient (Wildman–Crippen LogP) is -2.91. The molecule has 0 spiro atoms. The molecule has 0 heterocycles. The zero-order valence-corrected chi connectivity index (χ0v) is 12.3. The number of nitrogens with one attached hydrogen (secondary N) is 4. The largest absolute Gasteiger partial charge is 0.595 e.